The number of anilines is 1. The van der Waals surface area contributed by atoms with Crippen LogP contribution in [0.1, 0.15) is 12.5 Å². The van der Waals surface area contributed by atoms with Gasteiger partial charge < -0.3 is 10.1 Å². The van der Waals surface area contributed by atoms with Gasteiger partial charge in [-0.15, -0.1) is 5.10 Å². The van der Waals surface area contributed by atoms with Gasteiger partial charge in [-0.05, 0) is 36.8 Å². The van der Waals surface area contributed by atoms with Crippen LogP contribution in [0.5, 0.6) is 5.75 Å². The van der Waals surface area contributed by atoms with E-state index in [9.17, 15) is 9.59 Å². The fourth-order valence-electron chi connectivity index (χ4n) is 3.04. The SMILES string of the molecule is CCOc1ccccc1NC(=O)Cn1nc2c(SCc3ccc(Cl)cc3)nccn2c1=O. The van der Waals surface area contributed by atoms with Gasteiger partial charge in [0.25, 0.3) is 0 Å². The molecule has 0 saturated heterocycles. The molecule has 1 N–H and O–H groups in total. The van der Waals surface area contributed by atoms with Crippen LogP contribution in [-0.2, 0) is 17.1 Å². The van der Waals surface area contributed by atoms with Gasteiger partial charge in [0.15, 0.2) is 5.65 Å². The first-order chi connectivity index (χ1) is 15.5. The molecule has 8 nitrogen and oxygen atoms in total. The summed E-state index contributed by atoms with van der Waals surface area (Å²) >= 11 is 7.39. The summed E-state index contributed by atoms with van der Waals surface area (Å²) in [6, 6.07) is 14.7. The van der Waals surface area contributed by atoms with Crippen molar-refractivity contribution in [3.05, 3.63) is 82.0 Å². The lowest BCUT2D eigenvalue weighted by molar-refractivity contribution is -0.117. The van der Waals surface area contributed by atoms with Gasteiger partial charge in [-0.2, -0.15) is 0 Å². The quantitative estimate of drug-likeness (QED) is 0.394. The van der Waals surface area contributed by atoms with Crippen LogP contribution in [-0.4, -0.2) is 31.7 Å². The summed E-state index contributed by atoms with van der Waals surface area (Å²) in [5.41, 5.74) is 1.59. The number of fused-ring (bicyclic) bond motifs is 1. The Morgan fingerprint density at radius 3 is 2.75 bits per heavy atom. The van der Waals surface area contributed by atoms with Crippen molar-refractivity contribution in [1.82, 2.24) is 19.2 Å². The molecule has 10 heteroatoms. The normalized spacial score (nSPS) is 10.9. The van der Waals surface area contributed by atoms with Gasteiger partial charge in [-0.25, -0.2) is 18.9 Å². The first-order valence-corrected chi connectivity index (χ1v) is 11.2. The number of carbonyl (C=O) groups is 1. The largest absolute Gasteiger partial charge is 0.492 e. The summed E-state index contributed by atoms with van der Waals surface area (Å²) in [5, 5.41) is 8.40. The minimum absolute atomic E-state index is 0.234. The topological polar surface area (TPSA) is 90.5 Å². The fraction of sp³-hybridized carbons (Fsp3) is 0.182. The molecule has 2 heterocycles. The number of nitrogens with one attached hydrogen (secondary N) is 1. The van der Waals surface area contributed by atoms with Crippen LogP contribution in [0.25, 0.3) is 5.65 Å². The third kappa shape index (κ3) is 4.95. The number of amides is 1. The molecule has 0 bridgehead atoms. The minimum atomic E-state index is -0.413. The van der Waals surface area contributed by atoms with Crippen molar-refractivity contribution in [1.29, 1.82) is 0 Å². The van der Waals surface area contributed by atoms with Crippen molar-refractivity contribution >= 4 is 40.6 Å². The Hall–Kier alpha value is -3.30. The zero-order valence-electron chi connectivity index (χ0n) is 17.2. The smallest absolute Gasteiger partial charge is 0.350 e. The maximum Gasteiger partial charge on any atom is 0.350 e. The van der Waals surface area contributed by atoms with Crippen LogP contribution in [0.4, 0.5) is 5.69 Å². The molecular formula is C22H20ClN5O3S. The van der Waals surface area contributed by atoms with Crippen molar-refractivity contribution in [2.75, 3.05) is 11.9 Å². The number of carbonyl (C=O) groups excluding carboxylic acids is 1. The van der Waals surface area contributed by atoms with Crippen LogP contribution in [0, 0.1) is 0 Å². The standard InChI is InChI=1S/C22H20ClN5O3S/c1-2-31-18-6-4-3-5-17(18)25-19(29)13-28-22(30)27-12-11-24-21(20(27)26-28)32-14-15-7-9-16(23)10-8-15/h3-12H,2,13-14H2,1H3,(H,25,29). The average molecular weight is 470 g/mol. The second-order valence-corrected chi connectivity index (χ2v) is 8.16. The lowest BCUT2D eigenvalue weighted by Crippen LogP contribution is -2.28. The highest BCUT2D eigenvalue weighted by atomic mass is 35.5. The first kappa shape index (κ1) is 21.9. The van der Waals surface area contributed by atoms with Crippen molar-refractivity contribution in [2.45, 2.75) is 24.2 Å². The Morgan fingerprint density at radius 2 is 1.97 bits per heavy atom. The summed E-state index contributed by atoms with van der Waals surface area (Å²) in [6.07, 6.45) is 3.08. The highest BCUT2D eigenvalue weighted by Crippen LogP contribution is 2.25. The van der Waals surface area contributed by atoms with E-state index >= 15 is 0 Å². The number of ether oxygens (including phenoxy) is 1. The molecule has 0 saturated carbocycles. The Kier molecular flexibility index (Phi) is 6.77. The van der Waals surface area contributed by atoms with Gasteiger partial charge in [-0.1, -0.05) is 47.6 Å². The van der Waals surface area contributed by atoms with Gasteiger partial charge in [0.05, 0.1) is 12.3 Å². The third-order valence-electron chi connectivity index (χ3n) is 4.51. The van der Waals surface area contributed by atoms with E-state index in [1.807, 2.05) is 37.3 Å². The second kappa shape index (κ2) is 9.88. The molecule has 2 aromatic heterocycles. The number of nitrogens with zero attached hydrogens (tertiary/aromatic N) is 4. The molecule has 164 valence electrons. The van der Waals surface area contributed by atoms with Crippen LogP contribution < -0.4 is 15.7 Å². The van der Waals surface area contributed by atoms with E-state index in [-0.39, 0.29) is 12.5 Å². The first-order valence-electron chi connectivity index (χ1n) is 9.88. The number of rotatable bonds is 8. The van der Waals surface area contributed by atoms with Crippen molar-refractivity contribution in [2.24, 2.45) is 0 Å². The molecule has 0 spiro atoms. The molecule has 0 aliphatic rings. The summed E-state index contributed by atoms with van der Waals surface area (Å²) in [4.78, 5) is 29.7. The molecule has 2 aromatic carbocycles. The number of hydrogen-bond donors (Lipinski definition) is 1. The number of hydrogen-bond acceptors (Lipinski definition) is 6. The number of aromatic nitrogens is 4. The molecule has 0 fully saturated rings. The molecule has 4 rings (SSSR count). The zero-order chi connectivity index (χ0) is 22.5. The van der Waals surface area contributed by atoms with E-state index in [2.05, 4.69) is 15.4 Å². The van der Waals surface area contributed by atoms with Crippen LogP contribution in [0.15, 0.2) is 70.7 Å². The highest BCUT2D eigenvalue weighted by molar-refractivity contribution is 7.98. The molecule has 1 amide bonds. The third-order valence-corrected chi connectivity index (χ3v) is 5.80. The van der Waals surface area contributed by atoms with Crippen molar-refractivity contribution in [3.63, 3.8) is 0 Å². The molecule has 0 aliphatic carbocycles. The summed E-state index contributed by atoms with van der Waals surface area (Å²) < 4.78 is 8.04. The van der Waals surface area contributed by atoms with Gasteiger partial charge >= 0.3 is 5.69 Å². The van der Waals surface area contributed by atoms with Crippen LogP contribution >= 0.6 is 23.4 Å². The van der Waals surface area contributed by atoms with Crippen LogP contribution in [0.2, 0.25) is 5.02 Å². The number of halogens is 1. The predicted octanol–water partition coefficient (Wildman–Crippen LogP) is 3.87. The van der Waals surface area contributed by atoms with E-state index in [4.69, 9.17) is 16.3 Å². The lowest BCUT2D eigenvalue weighted by Gasteiger charge is -2.10. The molecule has 0 unspecified atom stereocenters. The maximum atomic E-state index is 12.8. The molecule has 0 atom stereocenters. The number of benzene rings is 2. The molecule has 4 aromatic rings. The van der Waals surface area contributed by atoms with Crippen LogP contribution in [0.3, 0.4) is 0 Å². The van der Waals surface area contributed by atoms with Gasteiger partial charge in [0, 0.05) is 23.2 Å². The molecule has 0 radical (unpaired) electrons. The monoisotopic (exact) mass is 469 g/mol. The van der Waals surface area contributed by atoms with E-state index in [0.717, 1.165) is 10.2 Å². The molecule has 32 heavy (non-hydrogen) atoms. The van der Waals surface area contributed by atoms with E-state index < -0.39 is 5.69 Å². The lowest BCUT2D eigenvalue weighted by atomic mass is 10.2. The summed E-state index contributed by atoms with van der Waals surface area (Å²) in [6.45, 7) is 2.11. The van der Waals surface area contributed by atoms with E-state index in [1.54, 1.807) is 24.4 Å². The Bertz CT molecular complexity index is 1300. The Morgan fingerprint density at radius 1 is 1.19 bits per heavy atom. The van der Waals surface area contributed by atoms with E-state index in [1.165, 1.54) is 22.4 Å². The highest BCUT2D eigenvalue weighted by Gasteiger charge is 2.15. The number of thioether (sulfide) groups is 1. The minimum Gasteiger partial charge on any atom is -0.492 e. The fourth-order valence-corrected chi connectivity index (χ4v) is 4.07. The van der Waals surface area contributed by atoms with E-state index in [0.29, 0.717) is 39.5 Å². The van der Waals surface area contributed by atoms with Gasteiger partial charge in [0.1, 0.15) is 17.3 Å². The van der Waals surface area contributed by atoms with Gasteiger partial charge in [0.2, 0.25) is 5.91 Å². The van der Waals surface area contributed by atoms with Crippen molar-refractivity contribution in [3.8, 4) is 5.75 Å². The summed E-state index contributed by atoms with van der Waals surface area (Å²) in [7, 11) is 0. The summed E-state index contributed by atoms with van der Waals surface area (Å²) in [5.74, 6) is 0.821. The molecule has 0 aliphatic heterocycles. The maximum absolute atomic E-state index is 12.8. The zero-order valence-corrected chi connectivity index (χ0v) is 18.8. The second-order valence-electron chi connectivity index (χ2n) is 6.76. The average Bonchev–Trinajstić information content (AvgIpc) is 3.11. The number of para-hydroxylation sites is 2. The van der Waals surface area contributed by atoms with Crippen molar-refractivity contribution < 1.29 is 9.53 Å². The Balaban J connectivity index is 1.52. The molecular weight excluding hydrogens is 450 g/mol. The predicted molar refractivity (Wildman–Crippen MR) is 125 cm³/mol. The van der Waals surface area contributed by atoms with Gasteiger partial charge in [-0.3, -0.25) is 4.79 Å². The Labute approximate surface area is 193 Å².